The molecule has 8 rings (SSSR count). The van der Waals surface area contributed by atoms with Crippen molar-refractivity contribution in [1.29, 1.82) is 0 Å². The minimum absolute atomic E-state index is 0.0103. The van der Waals surface area contributed by atoms with E-state index in [1.165, 1.54) is 10.8 Å². The van der Waals surface area contributed by atoms with Gasteiger partial charge in [0.05, 0.1) is 25.7 Å². The number of H-pyrrole nitrogens is 1. The fraction of sp³-hybridized carbons (Fsp3) is 0.167. The Morgan fingerprint density at radius 1 is 0.737 bits per heavy atom. The average Bonchev–Trinajstić information content (AvgIpc) is 3.64. The average molecular weight is 755 g/mol. The van der Waals surface area contributed by atoms with Crippen LogP contribution in [0.5, 0.6) is 11.5 Å². The molecule has 0 radical (unpaired) electrons. The lowest BCUT2D eigenvalue weighted by Crippen LogP contribution is -2.51. The summed E-state index contributed by atoms with van der Waals surface area (Å²) in [6.07, 6.45) is -3.57. The van der Waals surface area contributed by atoms with Crippen LogP contribution in [0.2, 0.25) is 0 Å². The van der Waals surface area contributed by atoms with Gasteiger partial charge in [0.1, 0.15) is 35.5 Å². The molecule has 1 saturated heterocycles. The highest BCUT2D eigenvalue weighted by Crippen LogP contribution is 2.47. The van der Waals surface area contributed by atoms with Crippen molar-refractivity contribution in [3.05, 3.63) is 188 Å². The molecule has 57 heavy (non-hydrogen) atoms. The second-order valence-corrected chi connectivity index (χ2v) is 13.8. The normalized spacial score (nSPS) is 16.9. The summed E-state index contributed by atoms with van der Waals surface area (Å²) in [6.45, 7) is 0. The summed E-state index contributed by atoms with van der Waals surface area (Å²) in [5.41, 5.74) is 0.272. The van der Waals surface area contributed by atoms with Gasteiger partial charge in [-0.3, -0.25) is 14.3 Å². The summed E-state index contributed by atoms with van der Waals surface area (Å²) in [4.78, 5) is 28.6. The molecule has 3 N–H and O–H groups in total. The third-order valence-electron chi connectivity index (χ3n) is 10.7. The monoisotopic (exact) mass is 754 g/mol. The van der Waals surface area contributed by atoms with Crippen LogP contribution in [0, 0.1) is 23.7 Å². The number of aromatic nitrogens is 2. The molecule has 1 aromatic heterocycles. The third-order valence-corrected chi connectivity index (χ3v) is 10.7. The molecule has 0 spiro atoms. The van der Waals surface area contributed by atoms with Crippen molar-refractivity contribution in [2.24, 2.45) is 0 Å². The zero-order chi connectivity index (χ0) is 39.5. The van der Waals surface area contributed by atoms with Gasteiger partial charge in [0.2, 0.25) is 0 Å². The number of ether oxygens (including phenoxy) is 3. The van der Waals surface area contributed by atoms with Crippen LogP contribution < -0.4 is 20.7 Å². The van der Waals surface area contributed by atoms with Crippen molar-refractivity contribution in [3.63, 3.8) is 0 Å². The van der Waals surface area contributed by atoms with Gasteiger partial charge in [0.15, 0.2) is 0 Å². The lowest BCUT2D eigenvalue weighted by atomic mass is 9.64. The molecule has 0 amide bonds. The van der Waals surface area contributed by atoms with Gasteiger partial charge in [0, 0.05) is 18.2 Å². The first-order chi connectivity index (χ1) is 27.8. The summed E-state index contributed by atoms with van der Waals surface area (Å²) < 4.78 is 18.5. The molecule has 4 atom stereocenters. The molecule has 1 aliphatic rings. The van der Waals surface area contributed by atoms with Crippen LogP contribution in [0.4, 0.5) is 0 Å². The Balaban J connectivity index is 1.16. The van der Waals surface area contributed by atoms with Crippen molar-refractivity contribution in [3.8, 4) is 35.2 Å². The second-order valence-electron chi connectivity index (χ2n) is 13.8. The van der Waals surface area contributed by atoms with Crippen LogP contribution >= 0.6 is 0 Å². The summed E-state index contributed by atoms with van der Waals surface area (Å²) in [5.74, 6) is 12.9. The highest BCUT2D eigenvalue weighted by molar-refractivity contribution is 6.04. The van der Waals surface area contributed by atoms with Crippen LogP contribution in [-0.2, 0) is 10.2 Å². The van der Waals surface area contributed by atoms with E-state index >= 15 is 0 Å². The summed E-state index contributed by atoms with van der Waals surface area (Å²) in [7, 11) is 3.16. The summed E-state index contributed by atoms with van der Waals surface area (Å²) in [6, 6.07) is 42.3. The molecule has 2 heterocycles. The van der Waals surface area contributed by atoms with Crippen LogP contribution in [0.25, 0.3) is 21.5 Å². The van der Waals surface area contributed by atoms with Crippen LogP contribution in [0.1, 0.15) is 40.5 Å². The minimum atomic E-state index is -1.39. The van der Waals surface area contributed by atoms with E-state index in [9.17, 15) is 19.8 Å². The van der Waals surface area contributed by atoms with Gasteiger partial charge in [-0.15, -0.1) is 0 Å². The number of benzene rings is 6. The molecular weight excluding hydrogens is 717 g/mol. The number of nitrogens with one attached hydrogen (secondary N) is 1. The molecule has 6 aromatic carbocycles. The van der Waals surface area contributed by atoms with E-state index in [0.29, 0.717) is 22.6 Å². The Morgan fingerprint density at radius 2 is 1.26 bits per heavy atom. The molecule has 282 valence electrons. The standard InChI is InChI=1S/C48H38N2O7/c1-55-37-24-20-35(21-25-37)48(34-15-4-3-5-16-34,36-22-26-38(56-2)27-23-36)45(52)44-42(51)29-43(57-44)50-30-33(46(53)49-47(50)54)14-8-11-19-41-39-17-9-6-12-31(39)28-32-13-7-10-18-40(32)41/h3-7,9-10,12-13,15-18,20-28,30,42-45,51-52H,29H2,1-2H3,(H,49,53,54)/t42-,43+,44-,45?/m0/s1. The van der Waals surface area contributed by atoms with Gasteiger partial charge in [-0.05, 0) is 86.3 Å². The van der Waals surface area contributed by atoms with E-state index in [0.717, 1.165) is 32.7 Å². The molecule has 7 aromatic rings. The van der Waals surface area contributed by atoms with Crippen molar-refractivity contribution < 1.29 is 24.4 Å². The van der Waals surface area contributed by atoms with Crippen LogP contribution in [0.3, 0.4) is 0 Å². The zero-order valence-corrected chi connectivity index (χ0v) is 31.2. The zero-order valence-electron chi connectivity index (χ0n) is 31.2. The molecule has 1 unspecified atom stereocenters. The maximum Gasteiger partial charge on any atom is 0.330 e. The highest BCUT2D eigenvalue weighted by atomic mass is 16.5. The Labute approximate surface area is 328 Å². The van der Waals surface area contributed by atoms with E-state index in [2.05, 4.69) is 34.7 Å². The first-order valence-corrected chi connectivity index (χ1v) is 18.5. The quantitative estimate of drug-likeness (QED) is 0.0945. The predicted molar refractivity (Wildman–Crippen MR) is 219 cm³/mol. The second kappa shape index (κ2) is 15.7. The topological polar surface area (TPSA) is 123 Å². The highest BCUT2D eigenvalue weighted by Gasteiger charge is 2.52. The van der Waals surface area contributed by atoms with Crippen molar-refractivity contribution in [1.82, 2.24) is 9.55 Å². The SMILES string of the molecule is COc1ccc(C(c2ccccc2)(c2ccc(OC)cc2)C(O)[C@H]2O[C@@H](n3cc(C#CC#Cc4c5ccccc5cc5ccccc45)c(=O)[nH]c3=O)C[C@@H]2O)cc1. The van der Waals surface area contributed by atoms with E-state index in [4.69, 9.17) is 14.2 Å². The number of aliphatic hydroxyl groups is 2. The molecule has 0 aliphatic carbocycles. The first kappa shape index (κ1) is 37.1. The Kier molecular flexibility index (Phi) is 10.2. The number of aliphatic hydroxyl groups excluding tert-OH is 2. The lowest BCUT2D eigenvalue weighted by molar-refractivity contribution is -0.0976. The Bertz CT molecular complexity index is 2720. The fourth-order valence-electron chi connectivity index (χ4n) is 7.93. The molecular formula is C48H38N2O7. The van der Waals surface area contributed by atoms with E-state index < -0.39 is 41.2 Å². The minimum Gasteiger partial charge on any atom is -0.497 e. The Morgan fingerprint density at radius 3 is 1.84 bits per heavy atom. The first-order valence-electron chi connectivity index (χ1n) is 18.5. The molecule has 1 fully saturated rings. The molecule has 0 bridgehead atoms. The molecule has 9 nitrogen and oxygen atoms in total. The molecule has 0 saturated carbocycles. The van der Waals surface area contributed by atoms with Crippen molar-refractivity contribution in [2.75, 3.05) is 14.2 Å². The van der Waals surface area contributed by atoms with Gasteiger partial charge in [-0.2, -0.15) is 0 Å². The van der Waals surface area contributed by atoms with Gasteiger partial charge >= 0.3 is 5.69 Å². The largest absolute Gasteiger partial charge is 0.497 e. The summed E-state index contributed by atoms with van der Waals surface area (Å²) in [5, 5.41) is 28.4. The number of hydrogen-bond acceptors (Lipinski definition) is 7. The van der Waals surface area contributed by atoms with Gasteiger partial charge < -0.3 is 24.4 Å². The van der Waals surface area contributed by atoms with Crippen LogP contribution in [-0.4, -0.2) is 52.3 Å². The van der Waals surface area contributed by atoms with Crippen molar-refractivity contribution >= 4 is 21.5 Å². The third kappa shape index (κ3) is 6.86. The number of aromatic amines is 1. The molecule has 1 aliphatic heterocycles. The van der Waals surface area contributed by atoms with E-state index in [1.54, 1.807) is 14.2 Å². The number of hydrogen-bond donors (Lipinski definition) is 3. The number of rotatable bonds is 8. The van der Waals surface area contributed by atoms with Gasteiger partial charge in [0.25, 0.3) is 5.56 Å². The number of nitrogens with zero attached hydrogens (tertiary/aromatic N) is 1. The van der Waals surface area contributed by atoms with Crippen LogP contribution in [0.15, 0.2) is 149 Å². The van der Waals surface area contributed by atoms with E-state index in [-0.39, 0.29) is 12.0 Å². The maximum atomic E-state index is 13.3. The number of fused-ring (bicyclic) bond motifs is 2. The lowest BCUT2D eigenvalue weighted by Gasteiger charge is -2.43. The Hall–Kier alpha value is -6.88. The predicted octanol–water partition coefficient (Wildman–Crippen LogP) is 6.31. The molecule has 9 heteroatoms. The fourth-order valence-corrected chi connectivity index (χ4v) is 7.93. The van der Waals surface area contributed by atoms with Crippen molar-refractivity contribution in [2.45, 2.75) is 36.4 Å². The number of methoxy groups -OCH3 is 2. The smallest absolute Gasteiger partial charge is 0.330 e. The maximum absolute atomic E-state index is 13.3. The van der Waals surface area contributed by atoms with E-state index in [1.807, 2.05) is 127 Å². The summed E-state index contributed by atoms with van der Waals surface area (Å²) >= 11 is 0. The van der Waals surface area contributed by atoms with Gasteiger partial charge in [-0.1, -0.05) is 109 Å². The van der Waals surface area contributed by atoms with Gasteiger partial charge in [-0.25, -0.2) is 4.79 Å².